The van der Waals surface area contributed by atoms with Gasteiger partial charge >= 0.3 is 0 Å². The van der Waals surface area contributed by atoms with Gasteiger partial charge in [0.2, 0.25) is 15.9 Å². The van der Waals surface area contributed by atoms with Crippen LogP contribution in [0.1, 0.15) is 25.3 Å². The Bertz CT molecular complexity index is 1010. The van der Waals surface area contributed by atoms with Crippen molar-refractivity contribution in [3.05, 3.63) is 58.6 Å². The normalized spacial score (nSPS) is 16.3. The molecule has 1 atom stereocenters. The van der Waals surface area contributed by atoms with Crippen molar-refractivity contribution in [1.29, 1.82) is 0 Å². The summed E-state index contributed by atoms with van der Waals surface area (Å²) in [4.78, 5) is 12.6. The number of halogens is 1. The fourth-order valence-corrected chi connectivity index (χ4v) is 5.62. The molecule has 1 saturated heterocycles. The quantitative estimate of drug-likeness (QED) is 0.541. The van der Waals surface area contributed by atoms with Crippen LogP contribution in [-0.4, -0.2) is 51.5 Å². The molecule has 1 heterocycles. The third kappa shape index (κ3) is 6.95. The average Bonchev–Trinajstić information content (AvgIpc) is 2.78. The van der Waals surface area contributed by atoms with Crippen molar-refractivity contribution in [2.45, 2.75) is 31.6 Å². The van der Waals surface area contributed by atoms with Crippen molar-refractivity contribution >= 4 is 31.9 Å². The smallest absolute Gasteiger partial charge is 0.223 e. The van der Waals surface area contributed by atoms with Gasteiger partial charge in [-0.25, -0.2) is 12.7 Å². The molecule has 0 saturated carbocycles. The molecule has 1 aliphatic heterocycles. The Hall–Kier alpha value is -2.10. The first-order valence-corrected chi connectivity index (χ1v) is 13.0. The SMILES string of the molecule is COc1ccc(OC[C@H](C)NC(=O)C2CCN(S(=O)(=O)Cc3cccc(Br)c3)CC2)cc1. The predicted octanol–water partition coefficient (Wildman–Crippen LogP) is 3.58. The summed E-state index contributed by atoms with van der Waals surface area (Å²) >= 11 is 3.37. The zero-order valence-electron chi connectivity index (χ0n) is 18.3. The molecule has 1 aliphatic rings. The number of nitrogens with one attached hydrogen (secondary N) is 1. The van der Waals surface area contributed by atoms with Gasteiger partial charge in [0.25, 0.3) is 0 Å². The third-order valence-corrected chi connectivity index (χ3v) is 7.75. The number of piperidine rings is 1. The Morgan fingerprint density at radius 1 is 1.16 bits per heavy atom. The van der Waals surface area contributed by atoms with Crippen LogP contribution in [0.3, 0.4) is 0 Å². The number of hydrogen-bond acceptors (Lipinski definition) is 5. The maximum Gasteiger partial charge on any atom is 0.223 e. The lowest BCUT2D eigenvalue weighted by molar-refractivity contribution is -0.126. The van der Waals surface area contributed by atoms with E-state index in [2.05, 4.69) is 21.2 Å². The van der Waals surface area contributed by atoms with E-state index in [1.807, 2.05) is 49.4 Å². The highest BCUT2D eigenvalue weighted by Gasteiger charge is 2.31. The van der Waals surface area contributed by atoms with Crippen LogP contribution in [0.25, 0.3) is 0 Å². The average molecular weight is 525 g/mol. The Morgan fingerprint density at radius 2 is 1.81 bits per heavy atom. The monoisotopic (exact) mass is 524 g/mol. The van der Waals surface area contributed by atoms with Crippen LogP contribution in [0.2, 0.25) is 0 Å². The summed E-state index contributed by atoms with van der Waals surface area (Å²) in [7, 11) is -1.81. The molecule has 9 heteroatoms. The molecular weight excluding hydrogens is 496 g/mol. The summed E-state index contributed by atoms with van der Waals surface area (Å²) in [6.45, 7) is 2.94. The largest absolute Gasteiger partial charge is 0.497 e. The molecule has 3 rings (SSSR count). The lowest BCUT2D eigenvalue weighted by atomic mass is 9.97. The van der Waals surface area contributed by atoms with Crippen LogP contribution >= 0.6 is 15.9 Å². The van der Waals surface area contributed by atoms with E-state index in [0.29, 0.717) is 38.3 Å². The number of benzene rings is 2. The number of sulfonamides is 1. The summed E-state index contributed by atoms with van der Waals surface area (Å²) in [6.07, 6.45) is 1.02. The van der Waals surface area contributed by atoms with Crippen molar-refractivity contribution < 1.29 is 22.7 Å². The van der Waals surface area contributed by atoms with Gasteiger partial charge in [-0.15, -0.1) is 0 Å². The minimum Gasteiger partial charge on any atom is -0.497 e. The second-order valence-corrected chi connectivity index (χ2v) is 10.8. The highest BCUT2D eigenvalue weighted by Crippen LogP contribution is 2.23. The van der Waals surface area contributed by atoms with E-state index in [1.54, 1.807) is 13.2 Å². The first-order valence-electron chi connectivity index (χ1n) is 10.6. The van der Waals surface area contributed by atoms with Crippen molar-refractivity contribution in [2.75, 3.05) is 26.8 Å². The van der Waals surface area contributed by atoms with Gasteiger partial charge < -0.3 is 14.8 Å². The van der Waals surface area contributed by atoms with Crippen LogP contribution in [0.15, 0.2) is 53.0 Å². The first kappa shape index (κ1) is 24.5. The fraction of sp³-hybridized carbons (Fsp3) is 0.435. The van der Waals surface area contributed by atoms with Gasteiger partial charge in [-0.3, -0.25) is 4.79 Å². The van der Waals surface area contributed by atoms with Crippen LogP contribution in [0, 0.1) is 5.92 Å². The van der Waals surface area contributed by atoms with Crippen LogP contribution < -0.4 is 14.8 Å². The topological polar surface area (TPSA) is 84.9 Å². The Morgan fingerprint density at radius 3 is 2.44 bits per heavy atom. The van der Waals surface area contributed by atoms with Gasteiger partial charge in [0, 0.05) is 23.5 Å². The van der Waals surface area contributed by atoms with E-state index < -0.39 is 10.0 Å². The molecule has 1 amide bonds. The minimum atomic E-state index is -3.42. The van der Waals surface area contributed by atoms with Crippen LogP contribution in [-0.2, 0) is 20.6 Å². The lowest BCUT2D eigenvalue weighted by Crippen LogP contribution is -2.46. The molecule has 174 valence electrons. The summed E-state index contributed by atoms with van der Waals surface area (Å²) in [6, 6.07) is 14.4. The van der Waals surface area contributed by atoms with Crippen molar-refractivity contribution in [1.82, 2.24) is 9.62 Å². The van der Waals surface area contributed by atoms with E-state index in [-0.39, 0.29) is 23.6 Å². The number of carbonyl (C=O) groups excluding carboxylic acids is 1. The fourth-order valence-electron chi connectivity index (χ4n) is 3.62. The van der Waals surface area contributed by atoms with E-state index in [1.165, 1.54) is 4.31 Å². The molecular formula is C23H29BrN2O5S. The summed E-state index contributed by atoms with van der Waals surface area (Å²) in [5.74, 6) is 1.17. The van der Waals surface area contributed by atoms with E-state index in [0.717, 1.165) is 15.8 Å². The molecule has 2 aromatic carbocycles. The van der Waals surface area contributed by atoms with Gasteiger partial charge in [0.15, 0.2) is 0 Å². The lowest BCUT2D eigenvalue weighted by Gasteiger charge is -2.31. The molecule has 7 nitrogen and oxygen atoms in total. The van der Waals surface area contributed by atoms with Crippen molar-refractivity contribution in [3.63, 3.8) is 0 Å². The number of methoxy groups -OCH3 is 1. The summed E-state index contributed by atoms with van der Waals surface area (Å²) in [5, 5.41) is 2.98. The highest BCUT2D eigenvalue weighted by molar-refractivity contribution is 9.10. The van der Waals surface area contributed by atoms with Gasteiger partial charge in [-0.1, -0.05) is 28.1 Å². The zero-order chi connectivity index (χ0) is 23.1. The Kier molecular flexibility index (Phi) is 8.56. The van der Waals surface area contributed by atoms with Gasteiger partial charge in [0.1, 0.15) is 18.1 Å². The zero-order valence-corrected chi connectivity index (χ0v) is 20.7. The highest BCUT2D eigenvalue weighted by atomic mass is 79.9. The number of hydrogen-bond donors (Lipinski definition) is 1. The molecule has 0 unspecified atom stereocenters. The van der Waals surface area contributed by atoms with Crippen molar-refractivity contribution in [3.8, 4) is 11.5 Å². The van der Waals surface area contributed by atoms with E-state index >= 15 is 0 Å². The molecule has 0 spiro atoms. The molecule has 1 N–H and O–H groups in total. The summed E-state index contributed by atoms with van der Waals surface area (Å²) < 4.78 is 38.7. The molecule has 2 aromatic rings. The van der Waals surface area contributed by atoms with Crippen molar-refractivity contribution in [2.24, 2.45) is 5.92 Å². The third-order valence-electron chi connectivity index (χ3n) is 5.40. The number of amides is 1. The molecule has 0 bridgehead atoms. The summed E-state index contributed by atoms with van der Waals surface area (Å²) in [5.41, 5.74) is 0.741. The Labute approximate surface area is 198 Å². The molecule has 0 radical (unpaired) electrons. The second-order valence-electron chi connectivity index (χ2n) is 7.96. The maximum absolute atomic E-state index is 12.8. The second kappa shape index (κ2) is 11.2. The number of nitrogens with zero attached hydrogens (tertiary/aromatic N) is 1. The predicted molar refractivity (Wildman–Crippen MR) is 127 cm³/mol. The van der Waals surface area contributed by atoms with Crippen LogP contribution in [0.4, 0.5) is 0 Å². The Balaban J connectivity index is 1.44. The van der Waals surface area contributed by atoms with Crippen LogP contribution in [0.5, 0.6) is 11.5 Å². The molecule has 32 heavy (non-hydrogen) atoms. The number of carbonyl (C=O) groups is 1. The van der Waals surface area contributed by atoms with Gasteiger partial charge in [-0.2, -0.15) is 0 Å². The van der Waals surface area contributed by atoms with Gasteiger partial charge in [-0.05, 0) is 61.7 Å². The molecule has 1 fully saturated rings. The number of ether oxygens (including phenoxy) is 2. The minimum absolute atomic E-state index is 0.0387. The molecule has 0 aliphatic carbocycles. The standard InChI is InChI=1S/C23H29BrN2O5S/c1-17(15-31-22-8-6-21(30-2)7-9-22)25-23(27)19-10-12-26(13-11-19)32(28,29)16-18-4-3-5-20(24)14-18/h3-9,14,17,19H,10-13,15-16H2,1-2H3,(H,25,27)/t17-/m0/s1. The molecule has 0 aromatic heterocycles. The van der Waals surface area contributed by atoms with E-state index in [4.69, 9.17) is 9.47 Å². The van der Waals surface area contributed by atoms with Gasteiger partial charge in [0.05, 0.1) is 18.9 Å². The first-order chi connectivity index (χ1) is 15.3. The van der Waals surface area contributed by atoms with E-state index in [9.17, 15) is 13.2 Å². The maximum atomic E-state index is 12.8. The number of rotatable bonds is 9.